The van der Waals surface area contributed by atoms with Gasteiger partial charge >= 0.3 is 0 Å². The van der Waals surface area contributed by atoms with Gasteiger partial charge in [0.15, 0.2) is 0 Å². The number of oxime groups is 1. The molecule has 0 saturated carbocycles. The molecule has 1 atom stereocenters. The van der Waals surface area contributed by atoms with E-state index in [1.54, 1.807) is 6.92 Å². The van der Waals surface area contributed by atoms with E-state index < -0.39 is 6.10 Å². The molecule has 0 aliphatic carbocycles. The molecular formula is C7H13NO2. The van der Waals surface area contributed by atoms with Gasteiger partial charge in [0.2, 0.25) is 0 Å². The Morgan fingerprint density at radius 1 is 1.90 bits per heavy atom. The van der Waals surface area contributed by atoms with Crippen LogP contribution in [0.1, 0.15) is 13.3 Å². The molecule has 0 spiro atoms. The van der Waals surface area contributed by atoms with Crippen LogP contribution in [-0.2, 0) is 4.84 Å². The topological polar surface area (TPSA) is 41.8 Å². The Morgan fingerprint density at radius 3 is 2.90 bits per heavy atom. The summed E-state index contributed by atoms with van der Waals surface area (Å²) in [6.45, 7) is 5.22. The zero-order chi connectivity index (χ0) is 7.98. The van der Waals surface area contributed by atoms with Gasteiger partial charge in [-0.3, -0.25) is 0 Å². The van der Waals surface area contributed by atoms with Crippen molar-refractivity contribution in [3.8, 4) is 0 Å². The summed E-state index contributed by atoms with van der Waals surface area (Å²) in [6.07, 6.45) is 1.44. The highest BCUT2D eigenvalue weighted by atomic mass is 16.6. The third-order valence-corrected chi connectivity index (χ3v) is 1.02. The lowest BCUT2D eigenvalue weighted by molar-refractivity contribution is 0.204. The first-order valence-electron chi connectivity index (χ1n) is 3.08. The number of rotatable bonds is 4. The number of hydrogen-bond donors (Lipinski definition) is 1. The highest BCUT2D eigenvalue weighted by Crippen LogP contribution is 1.94. The van der Waals surface area contributed by atoms with E-state index in [1.165, 1.54) is 13.2 Å². The Morgan fingerprint density at radius 2 is 2.50 bits per heavy atom. The predicted molar refractivity (Wildman–Crippen MR) is 40.9 cm³/mol. The molecule has 0 aliphatic rings. The van der Waals surface area contributed by atoms with Gasteiger partial charge in [0.05, 0.1) is 11.8 Å². The van der Waals surface area contributed by atoms with Crippen LogP contribution in [0.25, 0.3) is 0 Å². The molecule has 3 nitrogen and oxygen atoms in total. The van der Waals surface area contributed by atoms with Crippen LogP contribution in [0.5, 0.6) is 0 Å². The lowest BCUT2D eigenvalue weighted by atomic mass is 10.2. The number of aliphatic hydroxyl groups excluding tert-OH is 1. The normalized spacial score (nSPS) is 14.5. The molecule has 0 saturated heterocycles. The minimum Gasteiger partial charge on any atom is -0.399 e. The minimum absolute atomic E-state index is 0.483. The van der Waals surface area contributed by atoms with Crippen molar-refractivity contribution in [2.45, 2.75) is 19.4 Å². The van der Waals surface area contributed by atoms with Crippen LogP contribution in [0.4, 0.5) is 0 Å². The Balaban J connectivity index is 3.66. The minimum atomic E-state index is -0.515. The largest absolute Gasteiger partial charge is 0.399 e. The van der Waals surface area contributed by atoms with Gasteiger partial charge in [0.1, 0.15) is 7.11 Å². The fraction of sp³-hybridized carbons (Fsp3) is 0.571. The lowest BCUT2D eigenvalue weighted by Crippen LogP contribution is -2.07. The SMILES string of the molecule is C=CC(O)C/C(C)=N/OC. The van der Waals surface area contributed by atoms with Gasteiger partial charge in [0, 0.05) is 6.42 Å². The first-order chi connectivity index (χ1) is 4.70. The smallest absolute Gasteiger partial charge is 0.106 e. The predicted octanol–water partition coefficient (Wildman–Crippen LogP) is 0.946. The van der Waals surface area contributed by atoms with Gasteiger partial charge in [-0.05, 0) is 6.92 Å². The van der Waals surface area contributed by atoms with Gasteiger partial charge in [-0.15, -0.1) is 6.58 Å². The summed E-state index contributed by atoms with van der Waals surface area (Å²) in [4.78, 5) is 4.49. The Hall–Kier alpha value is -0.830. The first kappa shape index (κ1) is 9.17. The van der Waals surface area contributed by atoms with E-state index in [1.807, 2.05) is 0 Å². The summed E-state index contributed by atoms with van der Waals surface area (Å²) in [6, 6.07) is 0. The maximum atomic E-state index is 9.00. The van der Waals surface area contributed by atoms with Crippen molar-refractivity contribution in [2.75, 3.05) is 7.11 Å². The number of hydrogen-bond acceptors (Lipinski definition) is 3. The standard InChI is InChI=1S/C7H13NO2/c1-4-7(9)5-6(2)8-10-3/h4,7,9H,1,5H2,2-3H3/b8-6+. The summed E-state index contributed by atoms with van der Waals surface area (Å²) in [5.41, 5.74) is 0.759. The van der Waals surface area contributed by atoms with Crippen molar-refractivity contribution in [2.24, 2.45) is 5.16 Å². The monoisotopic (exact) mass is 143 g/mol. The zero-order valence-electron chi connectivity index (χ0n) is 6.37. The van der Waals surface area contributed by atoms with Crippen LogP contribution < -0.4 is 0 Å². The van der Waals surface area contributed by atoms with Crippen molar-refractivity contribution in [1.82, 2.24) is 0 Å². The molecule has 0 amide bonds. The van der Waals surface area contributed by atoms with Gasteiger partial charge in [0.25, 0.3) is 0 Å². The van der Waals surface area contributed by atoms with E-state index in [0.29, 0.717) is 6.42 Å². The number of nitrogens with zero attached hydrogens (tertiary/aromatic N) is 1. The third-order valence-electron chi connectivity index (χ3n) is 1.02. The molecule has 0 bridgehead atoms. The van der Waals surface area contributed by atoms with Gasteiger partial charge in [-0.25, -0.2) is 0 Å². The van der Waals surface area contributed by atoms with Gasteiger partial charge < -0.3 is 9.94 Å². The third kappa shape index (κ3) is 4.09. The Bertz CT molecular complexity index is 132. The first-order valence-corrected chi connectivity index (χ1v) is 3.08. The molecule has 0 aliphatic heterocycles. The van der Waals surface area contributed by atoms with Crippen molar-refractivity contribution in [3.63, 3.8) is 0 Å². The summed E-state index contributed by atoms with van der Waals surface area (Å²) in [5, 5.41) is 12.6. The molecule has 58 valence electrons. The van der Waals surface area contributed by atoms with Crippen LogP contribution >= 0.6 is 0 Å². The summed E-state index contributed by atoms with van der Waals surface area (Å²) >= 11 is 0. The lowest BCUT2D eigenvalue weighted by Gasteiger charge is -2.02. The van der Waals surface area contributed by atoms with Crippen LogP contribution in [0, 0.1) is 0 Å². The van der Waals surface area contributed by atoms with Crippen LogP contribution in [0.3, 0.4) is 0 Å². The molecule has 0 aromatic heterocycles. The molecule has 10 heavy (non-hydrogen) atoms. The summed E-state index contributed by atoms with van der Waals surface area (Å²) < 4.78 is 0. The Kier molecular flexibility index (Phi) is 4.58. The van der Waals surface area contributed by atoms with Gasteiger partial charge in [-0.1, -0.05) is 11.2 Å². The molecule has 3 heteroatoms. The van der Waals surface area contributed by atoms with Crippen LogP contribution in [-0.4, -0.2) is 24.0 Å². The fourth-order valence-electron chi connectivity index (χ4n) is 0.579. The van der Waals surface area contributed by atoms with Crippen molar-refractivity contribution in [1.29, 1.82) is 0 Å². The van der Waals surface area contributed by atoms with Crippen molar-refractivity contribution < 1.29 is 9.94 Å². The highest BCUT2D eigenvalue weighted by molar-refractivity contribution is 5.81. The zero-order valence-corrected chi connectivity index (χ0v) is 6.37. The molecule has 0 aromatic rings. The second kappa shape index (κ2) is 4.99. The van der Waals surface area contributed by atoms with E-state index in [-0.39, 0.29) is 0 Å². The van der Waals surface area contributed by atoms with Crippen LogP contribution in [0.2, 0.25) is 0 Å². The van der Waals surface area contributed by atoms with Crippen molar-refractivity contribution >= 4 is 5.71 Å². The van der Waals surface area contributed by atoms with E-state index in [4.69, 9.17) is 5.11 Å². The average Bonchev–Trinajstić information content (AvgIpc) is 1.88. The van der Waals surface area contributed by atoms with E-state index in [0.717, 1.165) is 5.71 Å². The quantitative estimate of drug-likeness (QED) is 0.361. The molecular weight excluding hydrogens is 130 g/mol. The number of aliphatic hydroxyl groups is 1. The van der Waals surface area contributed by atoms with E-state index in [9.17, 15) is 0 Å². The maximum Gasteiger partial charge on any atom is 0.106 e. The molecule has 1 unspecified atom stereocenters. The average molecular weight is 143 g/mol. The van der Waals surface area contributed by atoms with Crippen molar-refractivity contribution in [3.05, 3.63) is 12.7 Å². The van der Waals surface area contributed by atoms with E-state index >= 15 is 0 Å². The maximum absolute atomic E-state index is 9.00. The molecule has 0 radical (unpaired) electrons. The molecule has 0 aromatic carbocycles. The van der Waals surface area contributed by atoms with E-state index in [2.05, 4.69) is 16.6 Å². The molecule has 1 N–H and O–H groups in total. The summed E-state index contributed by atoms with van der Waals surface area (Å²) in [5.74, 6) is 0. The second-order valence-electron chi connectivity index (χ2n) is 2.02. The molecule has 0 rings (SSSR count). The van der Waals surface area contributed by atoms with Gasteiger partial charge in [-0.2, -0.15) is 0 Å². The summed E-state index contributed by atoms with van der Waals surface area (Å²) in [7, 11) is 1.48. The Labute approximate surface area is 61.0 Å². The fourth-order valence-corrected chi connectivity index (χ4v) is 0.579. The second-order valence-corrected chi connectivity index (χ2v) is 2.02. The van der Waals surface area contributed by atoms with Crippen LogP contribution in [0.15, 0.2) is 17.8 Å². The molecule has 0 fully saturated rings. The molecule has 0 heterocycles. The highest BCUT2D eigenvalue weighted by Gasteiger charge is 1.99.